The number of aromatic nitrogens is 1. The van der Waals surface area contributed by atoms with Gasteiger partial charge in [0.2, 0.25) is 0 Å². The first kappa shape index (κ1) is 13.6. The van der Waals surface area contributed by atoms with E-state index in [-0.39, 0.29) is 0 Å². The highest BCUT2D eigenvalue weighted by atomic mass is 16.3. The minimum atomic E-state index is -0.583. The van der Waals surface area contributed by atoms with Crippen LogP contribution in [0.15, 0.2) is 48.7 Å². The van der Waals surface area contributed by atoms with Gasteiger partial charge in [0.05, 0.1) is 11.7 Å². The lowest BCUT2D eigenvalue weighted by Crippen LogP contribution is -2.32. The molecule has 0 saturated heterocycles. The number of anilines is 1. The lowest BCUT2D eigenvalue weighted by Gasteiger charge is -2.27. The Morgan fingerprint density at radius 2 is 2.00 bits per heavy atom. The topological polar surface area (TPSA) is 60.2 Å². The van der Waals surface area contributed by atoms with Crippen molar-refractivity contribution in [2.24, 2.45) is 0 Å². The average molecular weight is 279 g/mol. The van der Waals surface area contributed by atoms with Gasteiger partial charge in [-0.25, -0.2) is 4.98 Å². The summed E-state index contributed by atoms with van der Waals surface area (Å²) in [5.41, 5.74) is 1.45. The molecule has 1 aromatic carbocycles. The van der Waals surface area contributed by atoms with E-state index in [9.17, 15) is 10.4 Å². The Morgan fingerprint density at radius 3 is 2.67 bits per heavy atom. The molecule has 1 fully saturated rings. The summed E-state index contributed by atoms with van der Waals surface area (Å²) in [5.74, 6) is 0.678. The Labute approximate surface area is 124 Å². The van der Waals surface area contributed by atoms with E-state index in [2.05, 4.69) is 16.0 Å². The van der Waals surface area contributed by atoms with Crippen LogP contribution < -0.4 is 4.90 Å². The molecule has 1 atom stereocenters. The molecular weight excluding hydrogens is 262 g/mol. The summed E-state index contributed by atoms with van der Waals surface area (Å²) in [4.78, 5) is 6.42. The van der Waals surface area contributed by atoms with Gasteiger partial charge in [0.25, 0.3) is 0 Å². The minimum Gasteiger partial charge on any atom is -0.387 e. The number of nitriles is 1. The summed E-state index contributed by atoms with van der Waals surface area (Å²) in [6.07, 6.45) is 3.28. The Kier molecular flexibility index (Phi) is 3.85. The summed E-state index contributed by atoms with van der Waals surface area (Å²) in [5, 5.41) is 19.7. The van der Waals surface area contributed by atoms with Crippen LogP contribution in [0.3, 0.4) is 0 Å². The molecule has 4 nitrogen and oxygen atoms in total. The van der Waals surface area contributed by atoms with Gasteiger partial charge in [-0.15, -0.1) is 0 Å². The van der Waals surface area contributed by atoms with Crippen molar-refractivity contribution >= 4 is 5.82 Å². The first-order valence-electron chi connectivity index (χ1n) is 7.14. The molecule has 1 heterocycles. The van der Waals surface area contributed by atoms with Gasteiger partial charge >= 0.3 is 0 Å². The van der Waals surface area contributed by atoms with Gasteiger partial charge in [0.1, 0.15) is 11.9 Å². The molecule has 1 aromatic heterocycles. The number of aliphatic hydroxyl groups is 1. The largest absolute Gasteiger partial charge is 0.387 e. The van der Waals surface area contributed by atoms with E-state index in [0.717, 1.165) is 18.4 Å². The molecule has 21 heavy (non-hydrogen) atoms. The van der Waals surface area contributed by atoms with Crippen LogP contribution in [-0.4, -0.2) is 22.7 Å². The summed E-state index contributed by atoms with van der Waals surface area (Å²) in [6, 6.07) is 15.7. The fourth-order valence-electron chi connectivity index (χ4n) is 2.47. The molecule has 1 N–H and O–H groups in total. The zero-order chi connectivity index (χ0) is 14.7. The maximum absolute atomic E-state index is 10.4. The van der Waals surface area contributed by atoms with Crippen molar-refractivity contribution in [3.05, 3.63) is 59.8 Å². The molecule has 1 aliphatic carbocycles. The van der Waals surface area contributed by atoms with Gasteiger partial charge in [-0.1, -0.05) is 30.3 Å². The van der Waals surface area contributed by atoms with E-state index in [1.807, 2.05) is 30.3 Å². The molecule has 0 spiro atoms. The highest BCUT2D eigenvalue weighted by Crippen LogP contribution is 2.33. The SMILES string of the molecule is N#Cc1cccnc1N(C[C@@H](O)c1ccccc1)C1CC1. The van der Waals surface area contributed by atoms with Gasteiger partial charge in [0.15, 0.2) is 0 Å². The van der Waals surface area contributed by atoms with E-state index in [4.69, 9.17) is 0 Å². The predicted octanol–water partition coefficient (Wildman–Crippen LogP) is 2.66. The van der Waals surface area contributed by atoms with Crippen molar-refractivity contribution in [2.75, 3.05) is 11.4 Å². The number of nitrogens with zero attached hydrogens (tertiary/aromatic N) is 3. The van der Waals surface area contributed by atoms with Gasteiger partial charge in [0, 0.05) is 18.8 Å². The monoisotopic (exact) mass is 279 g/mol. The average Bonchev–Trinajstić information content (AvgIpc) is 3.38. The Bertz CT molecular complexity index is 647. The van der Waals surface area contributed by atoms with Gasteiger partial charge in [-0.05, 0) is 30.5 Å². The third-order valence-corrected chi connectivity index (χ3v) is 3.72. The fraction of sp³-hybridized carbons (Fsp3) is 0.294. The molecule has 0 aliphatic heterocycles. The van der Waals surface area contributed by atoms with E-state index in [1.165, 1.54) is 0 Å². The Morgan fingerprint density at radius 1 is 1.24 bits per heavy atom. The van der Waals surface area contributed by atoms with E-state index in [1.54, 1.807) is 18.3 Å². The maximum Gasteiger partial charge on any atom is 0.146 e. The molecule has 0 amide bonds. The van der Waals surface area contributed by atoms with Crippen LogP contribution in [0.1, 0.15) is 30.1 Å². The summed E-state index contributed by atoms with van der Waals surface area (Å²) >= 11 is 0. The number of pyridine rings is 1. The van der Waals surface area contributed by atoms with Crippen molar-refractivity contribution in [3.8, 4) is 6.07 Å². The van der Waals surface area contributed by atoms with Crippen molar-refractivity contribution in [3.63, 3.8) is 0 Å². The zero-order valence-electron chi connectivity index (χ0n) is 11.7. The number of hydrogen-bond acceptors (Lipinski definition) is 4. The summed E-state index contributed by atoms with van der Waals surface area (Å²) < 4.78 is 0. The van der Waals surface area contributed by atoms with E-state index < -0.39 is 6.10 Å². The summed E-state index contributed by atoms with van der Waals surface area (Å²) in [6.45, 7) is 0.459. The molecule has 1 saturated carbocycles. The second kappa shape index (κ2) is 5.94. The van der Waals surface area contributed by atoms with Gasteiger partial charge in [-0.2, -0.15) is 5.26 Å². The van der Waals surface area contributed by atoms with Crippen molar-refractivity contribution in [2.45, 2.75) is 25.0 Å². The lowest BCUT2D eigenvalue weighted by molar-refractivity contribution is 0.182. The van der Waals surface area contributed by atoms with E-state index in [0.29, 0.717) is 24.0 Å². The van der Waals surface area contributed by atoms with Gasteiger partial charge < -0.3 is 10.0 Å². The second-order valence-electron chi connectivity index (χ2n) is 5.30. The molecule has 106 valence electrons. The first-order chi connectivity index (χ1) is 10.3. The Hall–Kier alpha value is -2.38. The molecule has 2 aromatic rings. The van der Waals surface area contributed by atoms with Crippen molar-refractivity contribution < 1.29 is 5.11 Å². The molecular formula is C17H17N3O. The molecule has 3 rings (SSSR count). The number of rotatable bonds is 5. The molecule has 0 radical (unpaired) electrons. The first-order valence-corrected chi connectivity index (χ1v) is 7.14. The zero-order valence-corrected chi connectivity index (χ0v) is 11.7. The van der Waals surface area contributed by atoms with Gasteiger partial charge in [-0.3, -0.25) is 0 Å². The minimum absolute atomic E-state index is 0.380. The van der Waals surface area contributed by atoms with Crippen molar-refractivity contribution in [1.29, 1.82) is 5.26 Å². The molecule has 0 unspecified atom stereocenters. The number of benzene rings is 1. The van der Waals surface area contributed by atoms with Crippen LogP contribution in [0.5, 0.6) is 0 Å². The summed E-state index contributed by atoms with van der Waals surface area (Å²) in [7, 11) is 0. The van der Waals surface area contributed by atoms with E-state index >= 15 is 0 Å². The maximum atomic E-state index is 10.4. The van der Waals surface area contributed by atoms with Crippen LogP contribution in [0.2, 0.25) is 0 Å². The quantitative estimate of drug-likeness (QED) is 0.914. The highest BCUT2D eigenvalue weighted by Gasteiger charge is 2.32. The fourth-order valence-corrected chi connectivity index (χ4v) is 2.47. The number of aliphatic hydroxyl groups excluding tert-OH is 1. The lowest BCUT2D eigenvalue weighted by atomic mass is 10.1. The van der Waals surface area contributed by atoms with Crippen LogP contribution in [0, 0.1) is 11.3 Å². The smallest absolute Gasteiger partial charge is 0.146 e. The Balaban J connectivity index is 1.84. The second-order valence-corrected chi connectivity index (χ2v) is 5.30. The van der Waals surface area contributed by atoms with Crippen molar-refractivity contribution in [1.82, 2.24) is 4.98 Å². The third-order valence-electron chi connectivity index (χ3n) is 3.72. The normalized spacial score (nSPS) is 15.2. The molecule has 0 bridgehead atoms. The standard InChI is InChI=1S/C17H17N3O/c18-11-14-7-4-10-19-17(14)20(15-8-9-15)12-16(21)13-5-2-1-3-6-13/h1-7,10,15-16,21H,8-9,12H2/t16-/m1/s1. The van der Waals surface area contributed by atoms with Crippen LogP contribution in [0.4, 0.5) is 5.82 Å². The van der Waals surface area contributed by atoms with Crippen LogP contribution in [-0.2, 0) is 0 Å². The third kappa shape index (κ3) is 3.04. The highest BCUT2D eigenvalue weighted by molar-refractivity contribution is 5.55. The predicted molar refractivity (Wildman–Crippen MR) is 80.7 cm³/mol. The molecule has 1 aliphatic rings. The van der Waals surface area contributed by atoms with Crippen LogP contribution >= 0.6 is 0 Å². The van der Waals surface area contributed by atoms with Crippen LogP contribution in [0.25, 0.3) is 0 Å². The molecule has 4 heteroatoms. The number of hydrogen-bond donors (Lipinski definition) is 1.